The van der Waals surface area contributed by atoms with Crippen molar-refractivity contribution in [3.05, 3.63) is 0 Å². The number of aliphatic carboxylic acids is 2. The molecule has 0 radical (unpaired) electrons. The van der Waals surface area contributed by atoms with Crippen LogP contribution >= 0.6 is 0 Å². The Bertz CT molecular complexity index is 335. The van der Waals surface area contributed by atoms with Crippen LogP contribution in [0.25, 0.3) is 0 Å². The lowest BCUT2D eigenvalue weighted by Crippen LogP contribution is -2.39. The molecule has 0 amide bonds. The molecule has 0 aromatic carbocycles. The van der Waals surface area contributed by atoms with Crippen LogP contribution in [0.3, 0.4) is 0 Å². The molecule has 1 heterocycles. The van der Waals surface area contributed by atoms with Gasteiger partial charge < -0.3 is 30.5 Å². The topological polar surface area (TPSA) is 153 Å². The van der Waals surface area contributed by atoms with Gasteiger partial charge in [0, 0.05) is 6.54 Å². The van der Waals surface area contributed by atoms with Crippen LogP contribution < -0.4 is 5.32 Å². The van der Waals surface area contributed by atoms with Gasteiger partial charge in [-0.3, -0.25) is 4.79 Å². The third-order valence-corrected chi connectivity index (χ3v) is 2.72. The first-order valence-corrected chi connectivity index (χ1v) is 6.50. The van der Waals surface area contributed by atoms with Gasteiger partial charge in [0.25, 0.3) is 0 Å². The first-order valence-electron chi connectivity index (χ1n) is 6.50. The van der Waals surface area contributed by atoms with Gasteiger partial charge in [-0.25, -0.2) is 9.59 Å². The summed E-state index contributed by atoms with van der Waals surface area (Å²) in [6, 6.07) is 0. The first kappa shape index (κ1) is 19.3. The van der Waals surface area contributed by atoms with Gasteiger partial charge in [0.1, 0.15) is 0 Å². The molecular weight excluding hydrogens is 286 g/mol. The van der Waals surface area contributed by atoms with E-state index in [4.69, 9.17) is 25.2 Å². The molecule has 5 N–H and O–H groups in total. The monoisotopic (exact) mass is 307 g/mol. The zero-order chi connectivity index (χ0) is 16.4. The van der Waals surface area contributed by atoms with Crippen LogP contribution in [-0.2, 0) is 19.1 Å². The van der Waals surface area contributed by atoms with E-state index in [1.165, 1.54) is 0 Å². The van der Waals surface area contributed by atoms with Gasteiger partial charge >= 0.3 is 17.9 Å². The van der Waals surface area contributed by atoms with Crippen molar-refractivity contribution in [1.82, 2.24) is 5.32 Å². The van der Waals surface area contributed by atoms with Crippen LogP contribution in [0, 0.1) is 5.92 Å². The summed E-state index contributed by atoms with van der Waals surface area (Å²) < 4.78 is 4.90. The fourth-order valence-corrected chi connectivity index (χ4v) is 1.58. The molecule has 3 atom stereocenters. The molecule has 9 heteroatoms. The number of aliphatic hydroxyl groups is 2. The second-order valence-electron chi connectivity index (χ2n) is 4.36. The van der Waals surface area contributed by atoms with Crippen molar-refractivity contribution < 1.29 is 39.5 Å². The number of ether oxygens (including phenoxy) is 1. The van der Waals surface area contributed by atoms with Gasteiger partial charge in [-0.15, -0.1) is 0 Å². The second-order valence-corrected chi connectivity index (χ2v) is 4.36. The maximum atomic E-state index is 11.1. The van der Waals surface area contributed by atoms with Crippen molar-refractivity contribution in [1.29, 1.82) is 0 Å². The molecule has 0 aromatic heterocycles. The highest BCUT2D eigenvalue weighted by molar-refractivity contribution is 5.83. The minimum atomic E-state index is -2.27. The molecule has 1 aliphatic heterocycles. The number of hydrogen-bond donors (Lipinski definition) is 5. The van der Waals surface area contributed by atoms with E-state index < -0.39 is 24.1 Å². The molecule has 1 fully saturated rings. The molecule has 21 heavy (non-hydrogen) atoms. The highest BCUT2D eigenvalue weighted by Crippen LogP contribution is 2.11. The molecule has 1 rings (SSSR count). The Kier molecular flexibility index (Phi) is 9.26. The van der Waals surface area contributed by atoms with E-state index in [2.05, 4.69) is 5.32 Å². The Morgan fingerprint density at radius 3 is 2.05 bits per heavy atom. The standard InChI is InChI=1S/C8H15NO2.C4H6O6/c1-2-11-8(10)7-4-3-5-9-6-7;5-1(3(7)8)2(6)4(9)10/h7,9H,2-6H2,1H3;1-2,5-6H,(H,7,8)(H,9,10)/t7-;1-,2-/m01/s1. The van der Waals surface area contributed by atoms with Crippen LogP contribution in [0.1, 0.15) is 19.8 Å². The Labute approximate surface area is 121 Å². The maximum absolute atomic E-state index is 11.1. The molecule has 0 aliphatic carbocycles. The highest BCUT2D eigenvalue weighted by Gasteiger charge is 2.29. The van der Waals surface area contributed by atoms with Gasteiger partial charge in [0.2, 0.25) is 0 Å². The summed E-state index contributed by atoms with van der Waals surface area (Å²) >= 11 is 0. The summed E-state index contributed by atoms with van der Waals surface area (Å²) in [6.45, 7) is 4.16. The van der Waals surface area contributed by atoms with Crippen molar-refractivity contribution in [2.75, 3.05) is 19.7 Å². The van der Waals surface area contributed by atoms with Crippen molar-refractivity contribution >= 4 is 17.9 Å². The van der Waals surface area contributed by atoms with E-state index in [1.807, 2.05) is 6.92 Å². The smallest absolute Gasteiger partial charge is 0.335 e. The fourth-order valence-electron chi connectivity index (χ4n) is 1.58. The van der Waals surface area contributed by atoms with Crippen LogP contribution in [0.15, 0.2) is 0 Å². The SMILES string of the molecule is CCOC(=O)[C@H]1CCCNC1.O=C(O)[C@H](O)[C@@H](O)C(=O)O. The van der Waals surface area contributed by atoms with Crippen molar-refractivity contribution in [3.8, 4) is 0 Å². The summed E-state index contributed by atoms with van der Waals surface area (Å²) in [7, 11) is 0. The third-order valence-electron chi connectivity index (χ3n) is 2.72. The van der Waals surface area contributed by atoms with E-state index in [0.29, 0.717) is 6.61 Å². The van der Waals surface area contributed by atoms with E-state index in [1.54, 1.807) is 0 Å². The Hall–Kier alpha value is -1.71. The molecule has 1 aliphatic rings. The van der Waals surface area contributed by atoms with Crippen molar-refractivity contribution in [3.63, 3.8) is 0 Å². The quantitative estimate of drug-likeness (QED) is 0.379. The van der Waals surface area contributed by atoms with Gasteiger partial charge in [0.15, 0.2) is 12.2 Å². The number of carboxylic acids is 2. The number of rotatable bonds is 5. The Balaban J connectivity index is 0.000000384. The summed E-state index contributed by atoms with van der Waals surface area (Å²) in [5.74, 6) is -3.48. The van der Waals surface area contributed by atoms with Crippen molar-refractivity contribution in [2.45, 2.75) is 32.0 Å². The number of nitrogens with one attached hydrogen (secondary N) is 1. The normalized spacial score (nSPS) is 20.4. The lowest BCUT2D eigenvalue weighted by atomic mass is 10.0. The highest BCUT2D eigenvalue weighted by atomic mass is 16.5. The third kappa shape index (κ3) is 7.59. The molecule has 122 valence electrons. The number of carbonyl (C=O) groups is 3. The van der Waals surface area contributed by atoms with Gasteiger partial charge in [0.05, 0.1) is 12.5 Å². The van der Waals surface area contributed by atoms with E-state index >= 15 is 0 Å². The summed E-state index contributed by atoms with van der Waals surface area (Å²) in [5.41, 5.74) is 0. The molecule has 1 saturated heterocycles. The molecule has 0 unspecified atom stereocenters. The zero-order valence-electron chi connectivity index (χ0n) is 11.7. The zero-order valence-corrected chi connectivity index (χ0v) is 11.7. The van der Waals surface area contributed by atoms with Gasteiger partial charge in [-0.05, 0) is 26.3 Å². The number of aliphatic hydroxyl groups excluding tert-OH is 2. The largest absolute Gasteiger partial charge is 0.479 e. The fraction of sp³-hybridized carbons (Fsp3) is 0.750. The number of piperidine rings is 1. The minimum absolute atomic E-state index is 0.0419. The van der Waals surface area contributed by atoms with Crippen LogP contribution in [-0.4, -0.2) is 70.2 Å². The van der Waals surface area contributed by atoms with E-state index in [9.17, 15) is 14.4 Å². The summed E-state index contributed by atoms with van der Waals surface area (Å²) in [5, 5.41) is 35.7. The average Bonchev–Trinajstić information content (AvgIpc) is 2.47. The Morgan fingerprint density at radius 1 is 1.19 bits per heavy atom. The molecular formula is C12H21NO8. The second kappa shape index (κ2) is 10.1. The van der Waals surface area contributed by atoms with Gasteiger partial charge in [-0.2, -0.15) is 0 Å². The van der Waals surface area contributed by atoms with Crippen LogP contribution in [0.4, 0.5) is 0 Å². The number of carboxylic acid groups (broad SMARTS) is 2. The molecule has 0 spiro atoms. The average molecular weight is 307 g/mol. The molecule has 0 saturated carbocycles. The minimum Gasteiger partial charge on any atom is -0.479 e. The van der Waals surface area contributed by atoms with Crippen molar-refractivity contribution in [2.24, 2.45) is 5.92 Å². The van der Waals surface area contributed by atoms with Gasteiger partial charge in [-0.1, -0.05) is 0 Å². The molecule has 0 aromatic rings. The molecule has 9 nitrogen and oxygen atoms in total. The van der Waals surface area contributed by atoms with Crippen LogP contribution in [0.2, 0.25) is 0 Å². The lowest BCUT2D eigenvalue weighted by molar-refractivity contribution is -0.165. The maximum Gasteiger partial charge on any atom is 0.335 e. The first-order chi connectivity index (χ1) is 9.81. The number of esters is 1. The number of carbonyl (C=O) groups excluding carboxylic acids is 1. The van der Waals surface area contributed by atoms with E-state index in [-0.39, 0.29) is 11.9 Å². The Morgan fingerprint density at radius 2 is 1.71 bits per heavy atom. The van der Waals surface area contributed by atoms with E-state index in [0.717, 1.165) is 25.9 Å². The molecule has 0 bridgehead atoms. The van der Waals surface area contributed by atoms with Crippen LogP contribution in [0.5, 0.6) is 0 Å². The number of hydrogen-bond acceptors (Lipinski definition) is 7. The lowest BCUT2D eigenvalue weighted by Gasteiger charge is -2.20. The predicted octanol–water partition coefficient (Wildman–Crippen LogP) is -1.57. The summed E-state index contributed by atoms with van der Waals surface area (Å²) in [4.78, 5) is 30.7. The summed E-state index contributed by atoms with van der Waals surface area (Å²) in [6.07, 6.45) is -2.47. The predicted molar refractivity (Wildman–Crippen MR) is 69.5 cm³/mol.